The summed E-state index contributed by atoms with van der Waals surface area (Å²) in [6.07, 6.45) is 5.11. The predicted octanol–water partition coefficient (Wildman–Crippen LogP) is 2.77. The van der Waals surface area contributed by atoms with E-state index in [0.717, 1.165) is 12.2 Å². The third-order valence-corrected chi connectivity index (χ3v) is 3.35. The minimum atomic E-state index is 0.650. The molecule has 0 unspecified atom stereocenters. The highest BCUT2D eigenvalue weighted by molar-refractivity contribution is 5.27. The van der Waals surface area contributed by atoms with Gasteiger partial charge in [0.25, 0.3) is 0 Å². The largest absolute Gasteiger partial charge is 0.497 e. The molecule has 1 N–H and O–H groups in total. The van der Waals surface area contributed by atoms with E-state index in [1.54, 1.807) is 7.11 Å². The first kappa shape index (κ1) is 11.5. The van der Waals surface area contributed by atoms with E-state index < -0.39 is 0 Å². The van der Waals surface area contributed by atoms with Crippen LogP contribution in [0.15, 0.2) is 24.3 Å². The van der Waals surface area contributed by atoms with Crippen molar-refractivity contribution in [2.45, 2.75) is 44.7 Å². The number of ether oxygens (including phenoxy) is 1. The number of rotatable bonds is 3. The van der Waals surface area contributed by atoms with Gasteiger partial charge in [-0.1, -0.05) is 18.6 Å². The van der Waals surface area contributed by atoms with E-state index >= 15 is 0 Å². The molecule has 88 valence electrons. The monoisotopic (exact) mass is 219 g/mol. The zero-order valence-corrected chi connectivity index (χ0v) is 10.2. The lowest BCUT2D eigenvalue weighted by atomic mass is 9.94. The molecule has 1 aliphatic rings. The van der Waals surface area contributed by atoms with Crippen LogP contribution in [-0.4, -0.2) is 19.2 Å². The molecule has 2 rings (SSSR count). The van der Waals surface area contributed by atoms with Crippen molar-refractivity contribution < 1.29 is 4.74 Å². The lowest BCUT2D eigenvalue weighted by Gasteiger charge is -2.28. The Morgan fingerprint density at radius 1 is 1.25 bits per heavy atom. The van der Waals surface area contributed by atoms with Crippen LogP contribution in [-0.2, 0) is 6.42 Å². The van der Waals surface area contributed by atoms with Gasteiger partial charge < -0.3 is 10.1 Å². The van der Waals surface area contributed by atoms with Gasteiger partial charge in [-0.05, 0) is 43.9 Å². The number of benzene rings is 1. The van der Waals surface area contributed by atoms with Crippen molar-refractivity contribution >= 4 is 0 Å². The molecule has 1 aliphatic heterocycles. The van der Waals surface area contributed by atoms with Gasteiger partial charge in [0.15, 0.2) is 0 Å². The van der Waals surface area contributed by atoms with Crippen LogP contribution in [0.3, 0.4) is 0 Å². The second-order valence-corrected chi connectivity index (χ2v) is 4.75. The molecule has 0 amide bonds. The highest BCUT2D eigenvalue weighted by Gasteiger charge is 2.17. The van der Waals surface area contributed by atoms with E-state index in [-0.39, 0.29) is 0 Å². The zero-order valence-electron chi connectivity index (χ0n) is 10.2. The summed E-state index contributed by atoms with van der Waals surface area (Å²) in [7, 11) is 1.71. The van der Waals surface area contributed by atoms with E-state index in [2.05, 4.69) is 24.4 Å². The average molecular weight is 219 g/mol. The van der Waals surface area contributed by atoms with Crippen LogP contribution in [0, 0.1) is 0 Å². The molecule has 2 atom stereocenters. The molecule has 1 aromatic rings. The number of hydrogen-bond donors (Lipinski definition) is 1. The van der Waals surface area contributed by atoms with E-state index in [1.807, 2.05) is 12.1 Å². The van der Waals surface area contributed by atoms with E-state index in [9.17, 15) is 0 Å². The fourth-order valence-electron chi connectivity index (χ4n) is 2.45. The fraction of sp³-hybridized carbons (Fsp3) is 0.571. The van der Waals surface area contributed by atoms with E-state index in [1.165, 1.54) is 24.8 Å². The molecule has 1 heterocycles. The van der Waals surface area contributed by atoms with Gasteiger partial charge >= 0.3 is 0 Å². The molecule has 0 bridgehead atoms. The van der Waals surface area contributed by atoms with Gasteiger partial charge in [0.05, 0.1) is 7.11 Å². The highest BCUT2D eigenvalue weighted by Crippen LogP contribution is 2.18. The summed E-state index contributed by atoms with van der Waals surface area (Å²) in [5, 5.41) is 3.66. The summed E-state index contributed by atoms with van der Waals surface area (Å²) in [6, 6.07) is 9.75. The van der Waals surface area contributed by atoms with Gasteiger partial charge in [0, 0.05) is 12.1 Å². The molecular formula is C14H21NO. The van der Waals surface area contributed by atoms with Crippen LogP contribution in [0.25, 0.3) is 0 Å². The highest BCUT2D eigenvalue weighted by atomic mass is 16.5. The first-order valence-electron chi connectivity index (χ1n) is 6.17. The normalized spacial score (nSPS) is 25.4. The molecule has 0 aliphatic carbocycles. The maximum atomic E-state index is 5.16. The SMILES string of the molecule is COc1ccc(C[C@H]2CCC[C@@H](C)N2)cc1. The molecular weight excluding hydrogens is 198 g/mol. The summed E-state index contributed by atoms with van der Waals surface area (Å²) in [5.74, 6) is 0.939. The van der Waals surface area contributed by atoms with Crippen LogP contribution in [0.4, 0.5) is 0 Å². The molecule has 0 spiro atoms. The number of piperidine rings is 1. The maximum absolute atomic E-state index is 5.16. The van der Waals surface area contributed by atoms with Crippen LogP contribution in [0.1, 0.15) is 31.7 Å². The lowest BCUT2D eigenvalue weighted by Crippen LogP contribution is -2.41. The Morgan fingerprint density at radius 2 is 2.00 bits per heavy atom. The Balaban J connectivity index is 1.92. The standard InChI is InChI=1S/C14H21NO/c1-11-4-3-5-13(15-11)10-12-6-8-14(16-2)9-7-12/h6-9,11,13,15H,3-5,10H2,1-2H3/t11-,13-/m1/s1. The summed E-state index contributed by atoms with van der Waals surface area (Å²) in [6.45, 7) is 2.28. The van der Waals surface area contributed by atoms with Gasteiger partial charge in [0.2, 0.25) is 0 Å². The summed E-state index contributed by atoms with van der Waals surface area (Å²) < 4.78 is 5.16. The van der Waals surface area contributed by atoms with Gasteiger partial charge in [-0.3, -0.25) is 0 Å². The third kappa shape index (κ3) is 2.99. The first-order valence-corrected chi connectivity index (χ1v) is 6.17. The minimum absolute atomic E-state index is 0.650. The molecule has 16 heavy (non-hydrogen) atoms. The van der Waals surface area contributed by atoms with Gasteiger partial charge in [-0.25, -0.2) is 0 Å². The molecule has 0 radical (unpaired) electrons. The van der Waals surface area contributed by atoms with Crippen molar-refractivity contribution in [1.29, 1.82) is 0 Å². The second-order valence-electron chi connectivity index (χ2n) is 4.75. The number of methoxy groups -OCH3 is 1. The molecule has 1 saturated heterocycles. The van der Waals surface area contributed by atoms with Crippen LogP contribution in [0.5, 0.6) is 5.75 Å². The number of hydrogen-bond acceptors (Lipinski definition) is 2. The van der Waals surface area contributed by atoms with Crippen LogP contribution >= 0.6 is 0 Å². The second kappa shape index (κ2) is 5.35. The molecule has 1 aromatic carbocycles. The first-order chi connectivity index (χ1) is 7.78. The predicted molar refractivity (Wildman–Crippen MR) is 66.9 cm³/mol. The van der Waals surface area contributed by atoms with E-state index in [0.29, 0.717) is 12.1 Å². The summed E-state index contributed by atoms with van der Waals surface area (Å²) >= 11 is 0. The van der Waals surface area contributed by atoms with Crippen LogP contribution in [0.2, 0.25) is 0 Å². The number of nitrogens with one attached hydrogen (secondary N) is 1. The van der Waals surface area contributed by atoms with E-state index in [4.69, 9.17) is 4.74 Å². The Morgan fingerprint density at radius 3 is 2.62 bits per heavy atom. The zero-order chi connectivity index (χ0) is 11.4. The maximum Gasteiger partial charge on any atom is 0.118 e. The Labute approximate surface area is 98.0 Å². The molecule has 2 heteroatoms. The summed E-state index contributed by atoms with van der Waals surface area (Å²) in [5.41, 5.74) is 1.40. The van der Waals surface area contributed by atoms with Crippen molar-refractivity contribution in [3.05, 3.63) is 29.8 Å². The molecule has 0 aromatic heterocycles. The third-order valence-electron chi connectivity index (χ3n) is 3.35. The van der Waals surface area contributed by atoms with Crippen molar-refractivity contribution in [3.8, 4) is 5.75 Å². The fourth-order valence-corrected chi connectivity index (χ4v) is 2.45. The summed E-state index contributed by atoms with van der Waals surface area (Å²) in [4.78, 5) is 0. The molecule has 1 fully saturated rings. The Hall–Kier alpha value is -1.02. The average Bonchev–Trinajstić information content (AvgIpc) is 2.30. The topological polar surface area (TPSA) is 21.3 Å². The quantitative estimate of drug-likeness (QED) is 0.844. The van der Waals surface area contributed by atoms with Crippen LogP contribution < -0.4 is 10.1 Å². The van der Waals surface area contributed by atoms with Gasteiger partial charge in [0.1, 0.15) is 5.75 Å². The van der Waals surface area contributed by atoms with Crippen molar-refractivity contribution in [3.63, 3.8) is 0 Å². The van der Waals surface area contributed by atoms with Gasteiger partial charge in [-0.2, -0.15) is 0 Å². The Bertz CT molecular complexity index is 320. The van der Waals surface area contributed by atoms with Gasteiger partial charge in [-0.15, -0.1) is 0 Å². The molecule has 2 nitrogen and oxygen atoms in total. The molecule has 0 saturated carbocycles. The van der Waals surface area contributed by atoms with Crippen molar-refractivity contribution in [2.24, 2.45) is 0 Å². The van der Waals surface area contributed by atoms with Crippen molar-refractivity contribution in [1.82, 2.24) is 5.32 Å². The smallest absolute Gasteiger partial charge is 0.118 e. The Kier molecular flexibility index (Phi) is 3.83. The lowest BCUT2D eigenvalue weighted by molar-refractivity contribution is 0.333. The van der Waals surface area contributed by atoms with Crippen molar-refractivity contribution in [2.75, 3.05) is 7.11 Å². The minimum Gasteiger partial charge on any atom is -0.497 e.